The van der Waals surface area contributed by atoms with Gasteiger partial charge in [-0.1, -0.05) is 48.8 Å². The molecule has 174 valence electrons. The van der Waals surface area contributed by atoms with Crippen molar-refractivity contribution in [3.8, 4) is 0 Å². The molecule has 0 amide bonds. The van der Waals surface area contributed by atoms with Gasteiger partial charge in [0.2, 0.25) is 0 Å². The molecule has 0 saturated carbocycles. The SMILES string of the molecule is CCCc1cc(F)c(C(=O)CCC[C@@H](CC2=CCC=C(C)C=C2)C(=O)OC(C)C)cc1F. The zero-order valence-electron chi connectivity index (χ0n) is 19.5. The molecule has 0 N–H and O–H groups in total. The molecule has 32 heavy (non-hydrogen) atoms. The molecule has 0 bridgehead atoms. The number of halogens is 2. The number of ketones is 1. The zero-order chi connectivity index (χ0) is 23.7. The maximum absolute atomic E-state index is 14.4. The van der Waals surface area contributed by atoms with Crippen molar-refractivity contribution in [2.45, 2.75) is 78.7 Å². The van der Waals surface area contributed by atoms with E-state index in [9.17, 15) is 18.4 Å². The molecule has 1 aromatic carbocycles. The van der Waals surface area contributed by atoms with E-state index in [4.69, 9.17) is 4.74 Å². The van der Waals surface area contributed by atoms with E-state index < -0.39 is 23.3 Å². The van der Waals surface area contributed by atoms with Crippen LogP contribution in [0, 0.1) is 17.6 Å². The van der Waals surface area contributed by atoms with Crippen LogP contribution in [-0.2, 0) is 16.0 Å². The summed E-state index contributed by atoms with van der Waals surface area (Å²) in [7, 11) is 0. The summed E-state index contributed by atoms with van der Waals surface area (Å²) in [5.41, 5.74) is 2.28. The zero-order valence-corrected chi connectivity index (χ0v) is 19.5. The van der Waals surface area contributed by atoms with E-state index in [2.05, 4.69) is 12.2 Å². The standard InChI is InChI=1S/C27H34F2O3/c1-5-8-21-16-25(29)23(17-24(21)28)26(30)12-7-11-22(27(31)32-18(2)3)15-20-10-6-9-19(4)13-14-20/h9-10,13-14,16-18,22H,5-8,11-12,15H2,1-4H3/t22-/m0/s1. The number of benzene rings is 1. The number of Topliss-reactive ketones (excluding diaryl/α,β-unsaturated/α-hetero) is 1. The molecule has 2 rings (SSSR count). The quantitative estimate of drug-likeness (QED) is 0.271. The molecule has 0 radical (unpaired) electrons. The number of carbonyl (C=O) groups is 2. The largest absolute Gasteiger partial charge is 0.463 e. The van der Waals surface area contributed by atoms with E-state index in [1.807, 2.05) is 26.0 Å². The van der Waals surface area contributed by atoms with Gasteiger partial charge in [0.05, 0.1) is 17.6 Å². The highest BCUT2D eigenvalue weighted by Gasteiger charge is 2.23. The Morgan fingerprint density at radius 1 is 1.09 bits per heavy atom. The van der Waals surface area contributed by atoms with Crippen molar-refractivity contribution in [1.29, 1.82) is 0 Å². The van der Waals surface area contributed by atoms with Gasteiger partial charge in [0.25, 0.3) is 0 Å². The minimum absolute atomic E-state index is 0.0461. The number of rotatable bonds is 11. The van der Waals surface area contributed by atoms with Gasteiger partial charge in [-0.3, -0.25) is 9.59 Å². The topological polar surface area (TPSA) is 43.4 Å². The first kappa shape index (κ1) is 25.7. The average Bonchev–Trinajstić information content (AvgIpc) is 2.93. The van der Waals surface area contributed by atoms with Gasteiger partial charge in [0, 0.05) is 6.42 Å². The Kier molecular flexibility index (Phi) is 10.0. The molecule has 5 heteroatoms. The molecule has 1 atom stereocenters. The molecule has 0 aromatic heterocycles. The lowest BCUT2D eigenvalue weighted by Crippen LogP contribution is -2.22. The lowest BCUT2D eigenvalue weighted by Gasteiger charge is -2.18. The Labute approximate surface area is 190 Å². The summed E-state index contributed by atoms with van der Waals surface area (Å²) < 4.78 is 34.0. The van der Waals surface area contributed by atoms with Crippen molar-refractivity contribution >= 4 is 11.8 Å². The first-order valence-corrected chi connectivity index (χ1v) is 11.5. The highest BCUT2D eigenvalue weighted by atomic mass is 19.1. The number of hydrogen-bond acceptors (Lipinski definition) is 3. The number of carbonyl (C=O) groups excluding carboxylic acids is 2. The molecule has 0 aliphatic heterocycles. The lowest BCUT2D eigenvalue weighted by molar-refractivity contribution is -0.152. The number of aryl methyl sites for hydroxylation is 1. The maximum Gasteiger partial charge on any atom is 0.309 e. The van der Waals surface area contributed by atoms with Crippen LogP contribution in [0.25, 0.3) is 0 Å². The average molecular weight is 445 g/mol. The van der Waals surface area contributed by atoms with E-state index in [1.165, 1.54) is 5.57 Å². The Balaban J connectivity index is 2.03. The monoisotopic (exact) mass is 444 g/mol. The van der Waals surface area contributed by atoms with Crippen LogP contribution in [0.15, 0.2) is 47.6 Å². The van der Waals surface area contributed by atoms with E-state index in [1.54, 1.807) is 13.8 Å². The van der Waals surface area contributed by atoms with Crippen LogP contribution in [0.2, 0.25) is 0 Å². The summed E-state index contributed by atoms with van der Waals surface area (Å²) in [6.07, 6.45) is 11.3. The minimum Gasteiger partial charge on any atom is -0.463 e. The van der Waals surface area contributed by atoms with Gasteiger partial charge >= 0.3 is 5.97 Å². The third-order valence-corrected chi connectivity index (χ3v) is 5.46. The second-order valence-corrected chi connectivity index (χ2v) is 8.67. The summed E-state index contributed by atoms with van der Waals surface area (Å²) in [5.74, 6) is -2.38. The molecule has 1 aliphatic carbocycles. The summed E-state index contributed by atoms with van der Waals surface area (Å²) in [5, 5.41) is 0. The summed E-state index contributed by atoms with van der Waals surface area (Å²) >= 11 is 0. The molecule has 0 saturated heterocycles. The molecular formula is C27H34F2O3. The smallest absolute Gasteiger partial charge is 0.309 e. The Morgan fingerprint density at radius 2 is 1.84 bits per heavy atom. The van der Waals surface area contributed by atoms with Gasteiger partial charge < -0.3 is 4.74 Å². The van der Waals surface area contributed by atoms with Gasteiger partial charge in [-0.2, -0.15) is 0 Å². The predicted octanol–water partition coefficient (Wildman–Crippen LogP) is 7.06. The van der Waals surface area contributed by atoms with Crippen LogP contribution >= 0.6 is 0 Å². The normalized spacial score (nSPS) is 14.6. The summed E-state index contributed by atoms with van der Waals surface area (Å²) in [6, 6.07) is 2.12. The summed E-state index contributed by atoms with van der Waals surface area (Å²) in [6.45, 7) is 7.52. The van der Waals surface area contributed by atoms with Crippen LogP contribution in [0.3, 0.4) is 0 Å². The summed E-state index contributed by atoms with van der Waals surface area (Å²) in [4.78, 5) is 25.2. The number of esters is 1. The Hall–Kier alpha value is -2.56. The molecule has 0 spiro atoms. The van der Waals surface area contributed by atoms with E-state index in [-0.39, 0.29) is 29.6 Å². The predicted molar refractivity (Wildman–Crippen MR) is 123 cm³/mol. The molecule has 1 aliphatic rings. The maximum atomic E-state index is 14.4. The third kappa shape index (κ3) is 7.85. The van der Waals surface area contributed by atoms with Gasteiger partial charge in [0.15, 0.2) is 5.78 Å². The lowest BCUT2D eigenvalue weighted by atomic mass is 9.92. The van der Waals surface area contributed by atoms with Crippen LogP contribution < -0.4 is 0 Å². The molecule has 0 heterocycles. The highest BCUT2D eigenvalue weighted by molar-refractivity contribution is 5.96. The van der Waals surface area contributed by atoms with E-state index in [0.717, 1.165) is 24.1 Å². The molecule has 0 fully saturated rings. The third-order valence-electron chi connectivity index (χ3n) is 5.46. The van der Waals surface area contributed by atoms with Gasteiger partial charge in [0.1, 0.15) is 11.6 Å². The van der Waals surface area contributed by atoms with Crippen molar-refractivity contribution in [3.05, 3.63) is 70.3 Å². The van der Waals surface area contributed by atoms with Gasteiger partial charge in [-0.25, -0.2) is 8.78 Å². The van der Waals surface area contributed by atoms with Crippen LogP contribution in [-0.4, -0.2) is 17.9 Å². The second-order valence-electron chi connectivity index (χ2n) is 8.67. The molecule has 3 nitrogen and oxygen atoms in total. The molecule has 0 unspecified atom stereocenters. The highest BCUT2D eigenvalue weighted by Crippen LogP contribution is 2.25. The van der Waals surface area contributed by atoms with Crippen molar-refractivity contribution in [2.24, 2.45) is 5.92 Å². The second kappa shape index (κ2) is 12.5. The first-order chi connectivity index (χ1) is 15.2. The van der Waals surface area contributed by atoms with Crippen LogP contribution in [0.1, 0.15) is 82.1 Å². The number of ether oxygens (including phenoxy) is 1. The molecular weight excluding hydrogens is 410 g/mol. The van der Waals surface area contributed by atoms with Crippen LogP contribution in [0.5, 0.6) is 0 Å². The van der Waals surface area contributed by atoms with E-state index >= 15 is 0 Å². The van der Waals surface area contributed by atoms with Crippen molar-refractivity contribution in [1.82, 2.24) is 0 Å². The van der Waals surface area contributed by atoms with Crippen LogP contribution in [0.4, 0.5) is 8.78 Å². The number of allylic oxidation sites excluding steroid dienone is 6. The van der Waals surface area contributed by atoms with Crippen molar-refractivity contribution in [3.63, 3.8) is 0 Å². The fraction of sp³-hybridized carbons (Fsp3) is 0.481. The van der Waals surface area contributed by atoms with Gasteiger partial charge in [-0.15, -0.1) is 0 Å². The minimum atomic E-state index is -0.688. The number of hydrogen-bond donors (Lipinski definition) is 0. The Morgan fingerprint density at radius 3 is 2.53 bits per heavy atom. The Bertz CT molecular complexity index is 910. The first-order valence-electron chi connectivity index (χ1n) is 11.5. The van der Waals surface area contributed by atoms with Crippen molar-refractivity contribution in [2.75, 3.05) is 0 Å². The fourth-order valence-corrected chi connectivity index (χ4v) is 3.74. The fourth-order valence-electron chi connectivity index (χ4n) is 3.74. The van der Waals surface area contributed by atoms with E-state index in [0.29, 0.717) is 32.1 Å². The van der Waals surface area contributed by atoms with Crippen molar-refractivity contribution < 1.29 is 23.1 Å². The van der Waals surface area contributed by atoms with Gasteiger partial charge in [-0.05, 0) is 70.6 Å². The molecule has 1 aromatic rings.